The highest BCUT2D eigenvalue weighted by molar-refractivity contribution is 5.99. The second kappa shape index (κ2) is 7.57. The first-order chi connectivity index (χ1) is 11.4. The standard InChI is InChI=1S/C16H22N2O6/c1-10-7-12(11(2)17(10)5-4-6-23-3)15(19)9-24-16(20)13-8-14(13)18(21)22/h7,13-14H,4-6,8-9H2,1-3H3. The number of aryl methyl sites for hydroxylation is 1. The van der Waals surface area contributed by atoms with Crippen molar-refractivity contribution in [1.82, 2.24) is 4.57 Å². The number of carbonyl (C=O) groups excluding carboxylic acids is 2. The van der Waals surface area contributed by atoms with Crippen LogP contribution in [0.4, 0.5) is 0 Å². The molecule has 132 valence electrons. The summed E-state index contributed by atoms with van der Waals surface area (Å²) in [6.45, 7) is 4.75. The van der Waals surface area contributed by atoms with Crippen LogP contribution in [0.5, 0.6) is 0 Å². The SMILES string of the molecule is COCCCn1c(C)cc(C(=O)COC(=O)C2CC2[N+](=O)[O-])c1C. The number of carbonyl (C=O) groups is 2. The zero-order chi connectivity index (χ0) is 17.9. The highest BCUT2D eigenvalue weighted by Crippen LogP contribution is 2.34. The molecule has 1 saturated carbocycles. The van der Waals surface area contributed by atoms with E-state index in [1.165, 1.54) is 0 Å². The number of Topliss-reactive ketones (excluding diaryl/α,β-unsaturated/α-hetero) is 1. The summed E-state index contributed by atoms with van der Waals surface area (Å²) in [5.74, 6) is -1.68. The average Bonchev–Trinajstić information content (AvgIpc) is 3.29. The maximum atomic E-state index is 12.3. The molecule has 2 unspecified atom stereocenters. The monoisotopic (exact) mass is 338 g/mol. The first-order valence-electron chi connectivity index (χ1n) is 7.85. The van der Waals surface area contributed by atoms with Gasteiger partial charge in [-0.2, -0.15) is 0 Å². The average molecular weight is 338 g/mol. The summed E-state index contributed by atoms with van der Waals surface area (Å²) in [6, 6.07) is 0.911. The normalized spacial score (nSPS) is 19.1. The van der Waals surface area contributed by atoms with E-state index in [9.17, 15) is 19.7 Å². The molecule has 0 aliphatic heterocycles. The first-order valence-corrected chi connectivity index (χ1v) is 7.85. The van der Waals surface area contributed by atoms with Gasteiger partial charge in [0.2, 0.25) is 11.8 Å². The minimum absolute atomic E-state index is 0.189. The van der Waals surface area contributed by atoms with Crippen LogP contribution in [-0.2, 0) is 20.8 Å². The predicted octanol–water partition coefficient (Wildman–Crippen LogP) is 1.53. The molecule has 0 saturated heterocycles. The number of hydrogen-bond donors (Lipinski definition) is 0. The van der Waals surface area contributed by atoms with Crippen LogP contribution in [0.2, 0.25) is 0 Å². The van der Waals surface area contributed by atoms with E-state index in [4.69, 9.17) is 9.47 Å². The van der Waals surface area contributed by atoms with Gasteiger partial charge in [-0.1, -0.05) is 0 Å². The Morgan fingerprint density at radius 2 is 2.12 bits per heavy atom. The summed E-state index contributed by atoms with van der Waals surface area (Å²) < 4.78 is 12.0. The van der Waals surface area contributed by atoms with Crippen molar-refractivity contribution in [2.75, 3.05) is 20.3 Å². The van der Waals surface area contributed by atoms with Gasteiger partial charge in [-0.25, -0.2) is 0 Å². The van der Waals surface area contributed by atoms with Gasteiger partial charge in [0.1, 0.15) is 5.92 Å². The van der Waals surface area contributed by atoms with Crippen molar-refractivity contribution in [2.24, 2.45) is 5.92 Å². The third-order valence-corrected chi connectivity index (χ3v) is 4.28. The molecule has 0 amide bonds. The van der Waals surface area contributed by atoms with Crippen LogP contribution in [0.1, 0.15) is 34.6 Å². The highest BCUT2D eigenvalue weighted by atomic mass is 16.6. The van der Waals surface area contributed by atoms with Gasteiger partial charge in [-0.05, 0) is 26.3 Å². The summed E-state index contributed by atoms with van der Waals surface area (Å²) in [5.41, 5.74) is 2.28. The maximum absolute atomic E-state index is 12.3. The number of esters is 1. The minimum Gasteiger partial charge on any atom is -0.457 e. The highest BCUT2D eigenvalue weighted by Gasteiger charge is 2.54. The molecule has 0 spiro atoms. The molecule has 1 aliphatic carbocycles. The Bertz CT molecular complexity index is 651. The molecule has 1 aliphatic rings. The zero-order valence-electron chi connectivity index (χ0n) is 14.1. The lowest BCUT2D eigenvalue weighted by Crippen LogP contribution is -2.18. The zero-order valence-corrected chi connectivity index (χ0v) is 14.1. The molecular weight excluding hydrogens is 316 g/mol. The fourth-order valence-corrected chi connectivity index (χ4v) is 2.78. The Kier molecular flexibility index (Phi) is 5.71. The number of nitro groups is 1. The van der Waals surface area contributed by atoms with Gasteiger partial charge < -0.3 is 14.0 Å². The summed E-state index contributed by atoms with van der Waals surface area (Å²) in [4.78, 5) is 34.0. The maximum Gasteiger partial charge on any atom is 0.316 e. The molecule has 0 bridgehead atoms. The molecule has 1 aromatic rings. The van der Waals surface area contributed by atoms with E-state index < -0.39 is 22.9 Å². The predicted molar refractivity (Wildman–Crippen MR) is 84.6 cm³/mol. The third-order valence-electron chi connectivity index (χ3n) is 4.28. The molecule has 2 rings (SSSR count). The molecule has 1 fully saturated rings. The molecule has 0 radical (unpaired) electrons. The lowest BCUT2D eigenvalue weighted by atomic mass is 10.1. The van der Waals surface area contributed by atoms with Crippen LogP contribution in [0, 0.1) is 29.9 Å². The van der Waals surface area contributed by atoms with Crippen molar-refractivity contribution >= 4 is 11.8 Å². The molecule has 8 heteroatoms. The number of ether oxygens (including phenoxy) is 2. The van der Waals surface area contributed by atoms with Gasteiger partial charge in [0, 0.05) is 48.6 Å². The smallest absolute Gasteiger partial charge is 0.316 e. The third kappa shape index (κ3) is 4.00. The van der Waals surface area contributed by atoms with E-state index in [-0.39, 0.29) is 18.8 Å². The molecule has 2 atom stereocenters. The molecule has 8 nitrogen and oxygen atoms in total. The van der Waals surface area contributed by atoms with Crippen LogP contribution in [0.25, 0.3) is 0 Å². The van der Waals surface area contributed by atoms with Crippen LogP contribution in [0.3, 0.4) is 0 Å². The number of aromatic nitrogens is 1. The topological polar surface area (TPSA) is 101 Å². The quantitative estimate of drug-likeness (QED) is 0.222. The summed E-state index contributed by atoms with van der Waals surface area (Å²) in [5, 5.41) is 10.5. The van der Waals surface area contributed by atoms with E-state index in [0.29, 0.717) is 12.2 Å². The number of nitrogens with zero attached hydrogens (tertiary/aromatic N) is 2. The summed E-state index contributed by atoms with van der Waals surface area (Å²) in [7, 11) is 1.64. The lowest BCUT2D eigenvalue weighted by Gasteiger charge is -2.09. The number of hydrogen-bond acceptors (Lipinski definition) is 6. The second-order valence-electron chi connectivity index (χ2n) is 6.01. The Morgan fingerprint density at radius 1 is 1.42 bits per heavy atom. The van der Waals surface area contributed by atoms with E-state index >= 15 is 0 Å². The second-order valence-corrected chi connectivity index (χ2v) is 6.01. The Morgan fingerprint density at radius 3 is 2.71 bits per heavy atom. The molecule has 0 aromatic carbocycles. The van der Waals surface area contributed by atoms with Crippen molar-refractivity contribution in [3.8, 4) is 0 Å². The lowest BCUT2D eigenvalue weighted by molar-refractivity contribution is -0.497. The van der Waals surface area contributed by atoms with Gasteiger partial charge in [-0.15, -0.1) is 0 Å². The Balaban J connectivity index is 1.92. The van der Waals surface area contributed by atoms with Crippen molar-refractivity contribution in [3.63, 3.8) is 0 Å². The fourth-order valence-electron chi connectivity index (χ4n) is 2.78. The number of methoxy groups -OCH3 is 1. The van der Waals surface area contributed by atoms with Crippen molar-refractivity contribution in [2.45, 2.75) is 39.3 Å². The van der Waals surface area contributed by atoms with E-state index in [1.807, 2.05) is 18.4 Å². The molecule has 1 aromatic heterocycles. The van der Waals surface area contributed by atoms with Crippen LogP contribution < -0.4 is 0 Å². The van der Waals surface area contributed by atoms with Gasteiger partial charge in [0.25, 0.3) is 0 Å². The van der Waals surface area contributed by atoms with Crippen LogP contribution in [-0.4, -0.2) is 47.6 Å². The Hall–Kier alpha value is -2.22. The van der Waals surface area contributed by atoms with E-state index in [1.54, 1.807) is 13.2 Å². The summed E-state index contributed by atoms with van der Waals surface area (Å²) in [6.07, 6.45) is 1.02. The summed E-state index contributed by atoms with van der Waals surface area (Å²) >= 11 is 0. The molecular formula is C16H22N2O6. The van der Waals surface area contributed by atoms with Gasteiger partial charge in [-0.3, -0.25) is 19.7 Å². The van der Waals surface area contributed by atoms with Gasteiger partial charge in [0.15, 0.2) is 6.61 Å². The minimum atomic E-state index is -0.863. The number of ketones is 1. The largest absolute Gasteiger partial charge is 0.457 e. The van der Waals surface area contributed by atoms with Crippen molar-refractivity contribution in [1.29, 1.82) is 0 Å². The van der Waals surface area contributed by atoms with Crippen molar-refractivity contribution in [3.05, 3.63) is 33.1 Å². The first kappa shape index (κ1) is 18.1. The van der Waals surface area contributed by atoms with Gasteiger partial charge >= 0.3 is 5.97 Å². The van der Waals surface area contributed by atoms with Crippen LogP contribution in [0.15, 0.2) is 6.07 Å². The molecule has 1 heterocycles. The molecule has 0 N–H and O–H groups in total. The van der Waals surface area contributed by atoms with Gasteiger partial charge in [0.05, 0.1) is 0 Å². The van der Waals surface area contributed by atoms with E-state index in [0.717, 1.165) is 24.4 Å². The molecule has 24 heavy (non-hydrogen) atoms. The number of rotatable bonds is 9. The van der Waals surface area contributed by atoms with Crippen molar-refractivity contribution < 1.29 is 24.0 Å². The fraction of sp³-hybridized carbons (Fsp3) is 0.625. The Labute approximate surface area is 139 Å². The van der Waals surface area contributed by atoms with E-state index in [2.05, 4.69) is 0 Å². The van der Waals surface area contributed by atoms with Crippen LogP contribution >= 0.6 is 0 Å².